The third kappa shape index (κ3) is 4.32. The maximum absolute atomic E-state index is 5.86. The summed E-state index contributed by atoms with van der Waals surface area (Å²) < 4.78 is 5.31. The van der Waals surface area contributed by atoms with E-state index in [0.29, 0.717) is 24.2 Å². The van der Waals surface area contributed by atoms with Crippen LogP contribution in [0, 0.1) is 0 Å². The van der Waals surface area contributed by atoms with Gasteiger partial charge in [-0.25, -0.2) is 0 Å². The summed E-state index contributed by atoms with van der Waals surface area (Å²) in [7, 11) is 0. The Morgan fingerprint density at radius 2 is 2.00 bits per heavy atom. The van der Waals surface area contributed by atoms with Crippen molar-refractivity contribution in [2.75, 3.05) is 6.54 Å². The largest absolute Gasteiger partial charge is 0.339 e. The second-order valence-electron chi connectivity index (χ2n) is 4.77. The molecule has 0 fully saturated rings. The van der Waals surface area contributed by atoms with Gasteiger partial charge in [0.1, 0.15) is 0 Å². The molecule has 2 rings (SSSR count). The first-order valence-corrected chi connectivity index (χ1v) is 7.38. The van der Waals surface area contributed by atoms with Crippen LogP contribution in [0.5, 0.6) is 0 Å². The second-order valence-corrected chi connectivity index (χ2v) is 5.21. The minimum absolute atomic E-state index is 0.392. The van der Waals surface area contributed by atoms with Crippen molar-refractivity contribution in [2.45, 2.75) is 39.2 Å². The zero-order valence-corrected chi connectivity index (χ0v) is 12.7. The fourth-order valence-electron chi connectivity index (χ4n) is 2.09. The Labute approximate surface area is 124 Å². The average molecular weight is 294 g/mol. The lowest BCUT2D eigenvalue weighted by molar-refractivity contribution is 0.352. The van der Waals surface area contributed by atoms with Crippen LogP contribution in [-0.4, -0.2) is 22.7 Å². The molecule has 0 bridgehead atoms. The van der Waals surface area contributed by atoms with Crippen LogP contribution in [0.2, 0.25) is 5.02 Å². The highest BCUT2D eigenvalue weighted by Gasteiger charge is 2.12. The van der Waals surface area contributed by atoms with E-state index < -0.39 is 0 Å². The molecule has 1 aromatic carbocycles. The van der Waals surface area contributed by atoms with E-state index >= 15 is 0 Å². The summed E-state index contributed by atoms with van der Waals surface area (Å²) in [5.41, 5.74) is 1.13. The van der Waals surface area contributed by atoms with Crippen LogP contribution in [0.1, 0.15) is 37.5 Å². The summed E-state index contributed by atoms with van der Waals surface area (Å²) in [6, 6.07) is 8.09. The molecule has 1 heterocycles. The first-order chi connectivity index (χ1) is 9.71. The van der Waals surface area contributed by atoms with Gasteiger partial charge in [0.25, 0.3) is 0 Å². The lowest BCUT2D eigenvalue weighted by Gasteiger charge is -2.12. The number of halogens is 1. The van der Waals surface area contributed by atoms with Crippen molar-refractivity contribution in [1.29, 1.82) is 0 Å². The molecular formula is C15H20ClN3O. The van der Waals surface area contributed by atoms with Gasteiger partial charge in [0.2, 0.25) is 5.89 Å². The molecule has 0 saturated heterocycles. The van der Waals surface area contributed by atoms with E-state index in [2.05, 4.69) is 29.3 Å². The van der Waals surface area contributed by atoms with Crippen LogP contribution in [0.3, 0.4) is 0 Å². The molecule has 0 amide bonds. The summed E-state index contributed by atoms with van der Waals surface area (Å²) in [4.78, 5) is 4.45. The van der Waals surface area contributed by atoms with Crippen LogP contribution in [-0.2, 0) is 12.8 Å². The van der Waals surface area contributed by atoms with Gasteiger partial charge >= 0.3 is 0 Å². The Morgan fingerprint density at radius 3 is 2.65 bits per heavy atom. The Kier molecular flexibility index (Phi) is 5.56. The summed E-state index contributed by atoms with van der Waals surface area (Å²) >= 11 is 5.86. The predicted molar refractivity (Wildman–Crippen MR) is 80.0 cm³/mol. The van der Waals surface area contributed by atoms with Crippen molar-refractivity contribution < 1.29 is 4.52 Å². The molecule has 20 heavy (non-hydrogen) atoms. The van der Waals surface area contributed by atoms with Gasteiger partial charge in [-0.05, 0) is 30.7 Å². The molecule has 0 spiro atoms. The highest BCUT2D eigenvalue weighted by molar-refractivity contribution is 6.30. The van der Waals surface area contributed by atoms with Crippen molar-refractivity contribution in [3.63, 3.8) is 0 Å². The number of hydrogen-bond donors (Lipinski definition) is 1. The fourth-order valence-corrected chi connectivity index (χ4v) is 2.22. The molecule has 4 nitrogen and oxygen atoms in total. The molecular weight excluding hydrogens is 274 g/mol. The van der Waals surface area contributed by atoms with E-state index in [9.17, 15) is 0 Å². The van der Waals surface area contributed by atoms with Crippen LogP contribution in [0.4, 0.5) is 0 Å². The smallest absolute Gasteiger partial charge is 0.228 e. The lowest BCUT2D eigenvalue weighted by Crippen LogP contribution is -2.30. The first-order valence-electron chi connectivity index (χ1n) is 7.00. The molecule has 0 aliphatic heterocycles. The highest BCUT2D eigenvalue weighted by atomic mass is 35.5. The van der Waals surface area contributed by atoms with Gasteiger partial charge < -0.3 is 9.84 Å². The van der Waals surface area contributed by atoms with E-state index in [1.807, 2.05) is 24.3 Å². The zero-order valence-electron chi connectivity index (χ0n) is 11.9. The molecule has 108 valence electrons. The minimum atomic E-state index is 0.392. The number of nitrogens with zero attached hydrogens (tertiary/aromatic N) is 2. The van der Waals surface area contributed by atoms with Gasteiger partial charge in [0.15, 0.2) is 5.82 Å². The molecule has 1 aromatic heterocycles. The van der Waals surface area contributed by atoms with Crippen LogP contribution in [0.15, 0.2) is 28.8 Å². The summed E-state index contributed by atoms with van der Waals surface area (Å²) in [6.45, 7) is 5.20. The third-order valence-electron chi connectivity index (χ3n) is 3.19. The molecule has 1 N–H and O–H groups in total. The molecule has 2 aromatic rings. The standard InChI is InChI=1S/C15H20ClN3O/c1-3-13(17-4-2)10-15-18-14(19-20-15)9-11-5-7-12(16)8-6-11/h5-8,13,17H,3-4,9-10H2,1-2H3. The molecule has 0 saturated carbocycles. The quantitative estimate of drug-likeness (QED) is 0.851. The van der Waals surface area contributed by atoms with Crippen molar-refractivity contribution >= 4 is 11.6 Å². The first kappa shape index (κ1) is 15.0. The van der Waals surface area contributed by atoms with E-state index in [-0.39, 0.29) is 0 Å². The number of benzene rings is 1. The van der Waals surface area contributed by atoms with Crippen LogP contribution < -0.4 is 5.32 Å². The molecule has 0 radical (unpaired) electrons. The van der Waals surface area contributed by atoms with Gasteiger partial charge in [0, 0.05) is 23.9 Å². The Bertz CT molecular complexity index is 524. The minimum Gasteiger partial charge on any atom is -0.339 e. The van der Waals surface area contributed by atoms with Crippen molar-refractivity contribution in [1.82, 2.24) is 15.5 Å². The lowest BCUT2D eigenvalue weighted by atomic mass is 10.1. The third-order valence-corrected chi connectivity index (χ3v) is 3.44. The number of likely N-dealkylation sites (N-methyl/N-ethyl adjacent to an activating group) is 1. The van der Waals surface area contributed by atoms with E-state index in [4.69, 9.17) is 16.1 Å². The van der Waals surface area contributed by atoms with Crippen LogP contribution >= 0.6 is 11.6 Å². The summed E-state index contributed by atoms with van der Waals surface area (Å²) in [5.74, 6) is 1.41. The van der Waals surface area contributed by atoms with Gasteiger partial charge in [-0.15, -0.1) is 0 Å². The van der Waals surface area contributed by atoms with Crippen molar-refractivity contribution in [3.8, 4) is 0 Å². The van der Waals surface area contributed by atoms with Gasteiger partial charge in [-0.1, -0.05) is 42.7 Å². The zero-order chi connectivity index (χ0) is 14.4. The maximum Gasteiger partial charge on any atom is 0.228 e. The van der Waals surface area contributed by atoms with Gasteiger partial charge in [-0.2, -0.15) is 4.98 Å². The van der Waals surface area contributed by atoms with Gasteiger partial charge in [-0.3, -0.25) is 0 Å². The predicted octanol–water partition coefficient (Wildman–Crippen LogP) is 3.24. The molecule has 1 atom stereocenters. The average Bonchev–Trinajstić information content (AvgIpc) is 2.88. The molecule has 5 heteroatoms. The summed E-state index contributed by atoms with van der Waals surface area (Å²) in [5, 5.41) is 8.17. The molecule has 0 aliphatic carbocycles. The van der Waals surface area contributed by atoms with Crippen molar-refractivity contribution in [2.24, 2.45) is 0 Å². The Hall–Kier alpha value is -1.39. The Morgan fingerprint density at radius 1 is 1.25 bits per heavy atom. The number of rotatable bonds is 7. The number of nitrogens with one attached hydrogen (secondary N) is 1. The number of hydrogen-bond acceptors (Lipinski definition) is 4. The maximum atomic E-state index is 5.86. The van der Waals surface area contributed by atoms with Crippen LogP contribution in [0.25, 0.3) is 0 Å². The second kappa shape index (κ2) is 7.41. The fraction of sp³-hybridized carbons (Fsp3) is 0.467. The SMILES string of the molecule is CCNC(CC)Cc1nc(Cc2ccc(Cl)cc2)no1. The molecule has 1 unspecified atom stereocenters. The van der Waals surface area contributed by atoms with Crippen molar-refractivity contribution in [3.05, 3.63) is 46.6 Å². The van der Waals surface area contributed by atoms with E-state index in [1.165, 1.54) is 0 Å². The highest BCUT2D eigenvalue weighted by Crippen LogP contribution is 2.13. The molecule has 0 aliphatic rings. The number of aromatic nitrogens is 2. The van der Waals surface area contributed by atoms with E-state index in [0.717, 1.165) is 30.0 Å². The monoisotopic (exact) mass is 293 g/mol. The Balaban J connectivity index is 1.96. The summed E-state index contributed by atoms with van der Waals surface area (Å²) in [6.07, 6.45) is 2.49. The normalized spacial score (nSPS) is 12.6. The topological polar surface area (TPSA) is 51.0 Å². The van der Waals surface area contributed by atoms with E-state index in [1.54, 1.807) is 0 Å². The van der Waals surface area contributed by atoms with Gasteiger partial charge in [0.05, 0.1) is 0 Å².